The molecule has 0 spiro atoms. The molecule has 2 aromatic rings. The van der Waals surface area contributed by atoms with E-state index in [2.05, 4.69) is 17.2 Å². The van der Waals surface area contributed by atoms with Crippen molar-refractivity contribution < 1.29 is 22.7 Å². The molecule has 8 nitrogen and oxygen atoms in total. The van der Waals surface area contributed by atoms with Crippen LogP contribution in [-0.4, -0.2) is 44.9 Å². The summed E-state index contributed by atoms with van der Waals surface area (Å²) in [5.74, 6) is -0.307. The van der Waals surface area contributed by atoms with Crippen LogP contribution in [0.1, 0.15) is 12.0 Å². The summed E-state index contributed by atoms with van der Waals surface area (Å²) in [5, 5.41) is 5.13. The first-order chi connectivity index (χ1) is 14.3. The molecule has 2 amide bonds. The van der Waals surface area contributed by atoms with Crippen LogP contribution in [-0.2, 0) is 26.2 Å². The largest absolute Gasteiger partial charge is 0.444 e. The smallest absolute Gasteiger partial charge is 0.411 e. The molecule has 0 unspecified atom stereocenters. The predicted molar refractivity (Wildman–Crippen MR) is 114 cm³/mol. The van der Waals surface area contributed by atoms with Gasteiger partial charge in [-0.3, -0.25) is 10.1 Å². The lowest BCUT2D eigenvalue weighted by atomic mass is 10.2. The van der Waals surface area contributed by atoms with E-state index in [0.29, 0.717) is 18.7 Å². The second kappa shape index (κ2) is 11.1. The number of nitrogens with one attached hydrogen (secondary N) is 2. The number of amides is 2. The first-order valence-corrected chi connectivity index (χ1v) is 10.7. The second-order valence-electron chi connectivity index (χ2n) is 6.39. The van der Waals surface area contributed by atoms with Gasteiger partial charge in [0.05, 0.1) is 4.90 Å². The van der Waals surface area contributed by atoms with Crippen molar-refractivity contribution in [1.29, 1.82) is 0 Å². The van der Waals surface area contributed by atoms with Crippen molar-refractivity contribution in [1.82, 2.24) is 9.62 Å². The van der Waals surface area contributed by atoms with Crippen molar-refractivity contribution in [2.45, 2.75) is 17.9 Å². The second-order valence-corrected chi connectivity index (χ2v) is 8.43. The third-order valence-electron chi connectivity index (χ3n) is 4.14. The van der Waals surface area contributed by atoms with Crippen LogP contribution in [0.5, 0.6) is 0 Å². The lowest BCUT2D eigenvalue weighted by Crippen LogP contribution is -2.31. The Morgan fingerprint density at radius 1 is 1.13 bits per heavy atom. The van der Waals surface area contributed by atoms with Gasteiger partial charge in [-0.1, -0.05) is 43.0 Å². The highest BCUT2D eigenvalue weighted by molar-refractivity contribution is 7.89. The lowest BCUT2D eigenvalue weighted by molar-refractivity contribution is -0.116. The van der Waals surface area contributed by atoms with Gasteiger partial charge in [-0.25, -0.2) is 17.5 Å². The molecule has 30 heavy (non-hydrogen) atoms. The molecule has 0 saturated heterocycles. The van der Waals surface area contributed by atoms with E-state index in [1.54, 1.807) is 6.07 Å². The van der Waals surface area contributed by atoms with Gasteiger partial charge in [0.15, 0.2) is 0 Å². The molecule has 2 rings (SSSR count). The zero-order chi connectivity index (χ0) is 22.0. The Kier molecular flexibility index (Phi) is 8.57. The number of hydrogen-bond acceptors (Lipinski definition) is 5. The van der Waals surface area contributed by atoms with Crippen LogP contribution in [0, 0.1) is 0 Å². The van der Waals surface area contributed by atoms with Crippen LogP contribution in [0.3, 0.4) is 0 Å². The number of sulfonamides is 1. The van der Waals surface area contributed by atoms with Gasteiger partial charge < -0.3 is 10.1 Å². The standard InChI is InChI=1S/C21H25N3O5S/c1-3-20(25)22-13-8-14-24(2)30(27,28)19-12-7-11-18(15-19)23-21(26)29-16-17-9-5-4-6-10-17/h3-7,9-12,15H,1,8,13-14,16H2,2H3,(H,22,25)(H,23,26). The van der Waals surface area contributed by atoms with Crippen molar-refractivity contribution in [2.75, 3.05) is 25.5 Å². The minimum absolute atomic E-state index is 0.0426. The SMILES string of the molecule is C=CC(=O)NCCCN(C)S(=O)(=O)c1cccc(NC(=O)OCc2ccccc2)c1. The quantitative estimate of drug-likeness (QED) is 0.445. The number of rotatable bonds is 10. The molecule has 0 heterocycles. The maximum absolute atomic E-state index is 12.7. The van der Waals surface area contributed by atoms with Crippen LogP contribution in [0.15, 0.2) is 72.1 Å². The number of carbonyl (C=O) groups is 2. The Morgan fingerprint density at radius 2 is 1.87 bits per heavy atom. The van der Waals surface area contributed by atoms with E-state index in [4.69, 9.17) is 4.74 Å². The maximum Gasteiger partial charge on any atom is 0.411 e. The first-order valence-electron chi connectivity index (χ1n) is 9.27. The molecule has 160 valence electrons. The fraction of sp³-hybridized carbons (Fsp3) is 0.238. The first kappa shape index (κ1) is 23.1. The van der Waals surface area contributed by atoms with E-state index in [9.17, 15) is 18.0 Å². The van der Waals surface area contributed by atoms with Crippen LogP contribution in [0.2, 0.25) is 0 Å². The molecule has 0 fully saturated rings. The molecule has 0 bridgehead atoms. The summed E-state index contributed by atoms with van der Waals surface area (Å²) in [7, 11) is -2.29. The summed E-state index contributed by atoms with van der Waals surface area (Å²) in [6.45, 7) is 4.01. The highest BCUT2D eigenvalue weighted by Gasteiger charge is 2.21. The summed E-state index contributed by atoms with van der Waals surface area (Å²) in [6.07, 6.45) is 0.919. The van der Waals surface area contributed by atoms with Gasteiger partial charge in [-0.15, -0.1) is 0 Å². The Hall–Kier alpha value is -3.17. The molecule has 0 aliphatic rings. The summed E-state index contributed by atoms with van der Waals surface area (Å²) >= 11 is 0. The van der Waals surface area contributed by atoms with Gasteiger partial charge >= 0.3 is 6.09 Å². The average Bonchev–Trinajstić information content (AvgIpc) is 2.75. The molecule has 0 aromatic heterocycles. The Bertz CT molecular complexity index is 977. The highest BCUT2D eigenvalue weighted by atomic mass is 32.2. The highest BCUT2D eigenvalue weighted by Crippen LogP contribution is 2.19. The van der Waals surface area contributed by atoms with Gasteiger partial charge in [0.1, 0.15) is 6.61 Å². The summed E-state index contributed by atoms with van der Waals surface area (Å²) in [5.41, 5.74) is 1.15. The fourth-order valence-corrected chi connectivity index (χ4v) is 3.75. The van der Waals surface area contributed by atoms with Gasteiger partial charge in [0.2, 0.25) is 15.9 Å². The third-order valence-corrected chi connectivity index (χ3v) is 5.99. The van der Waals surface area contributed by atoms with E-state index in [1.807, 2.05) is 30.3 Å². The molecule has 2 N–H and O–H groups in total. The van der Waals surface area contributed by atoms with Crippen molar-refractivity contribution in [3.05, 3.63) is 72.8 Å². The van der Waals surface area contributed by atoms with Crippen LogP contribution in [0.25, 0.3) is 0 Å². The number of anilines is 1. The fourth-order valence-electron chi connectivity index (χ4n) is 2.50. The summed E-state index contributed by atoms with van der Waals surface area (Å²) < 4.78 is 31.8. The van der Waals surface area contributed by atoms with Crippen molar-refractivity contribution in [3.8, 4) is 0 Å². The summed E-state index contributed by atoms with van der Waals surface area (Å²) in [6, 6.07) is 15.2. The minimum Gasteiger partial charge on any atom is -0.444 e. The number of hydrogen-bond donors (Lipinski definition) is 2. The van der Waals surface area contributed by atoms with Gasteiger partial charge in [-0.05, 0) is 36.3 Å². The topological polar surface area (TPSA) is 105 Å². The monoisotopic (exact) mass is 431 g/mol. The molecular weight excluding hydrogens is 406 g/mol. The van der Waals surface area contributed by atoms with Crippen molar-refractivity contribution >= 4 is 27.7 Å². The van der Waals surface area contributed by atoms with E-state index in [0.717, 1.165) is 11.6 Å². The zero-order valence-electron chi connectivity index (χ0n) is 16.7. The summed E-state index contributed by atoms with van der Waals surface area (Å²) in [4.78, 5) is 23.2. The Morgan fingerprint density at radius 3 is 2.57 bits per heavy atom. The van der Waals surface area contributed by atoms with E-state index in [-0.39, 0.29) is 24.0 Å². The van der Waals surface area contributed by atoms with E-state index in [1.165, 1.54) is 29.6 Å². The van der Waals surface area contributed by atoms with E-state index < -0.39 is 16.1 Å². The molecule has 0 aliphatic heterocycles. The van der Waals surface area contributed by atoms with Crippen LogP contribution >= 0.6 is 0 Å². The third kappa shape index (κ3) is 7.02. The minimum atomic E-state index is -3.75. The molecule has 2 aromatic carbocycles. The Balaban J connectivity index is 1.93. The number of nitrogens with zero attached hydrogens (tertiary/aromatic N) is 1. The number of ether oxygens (including phenoxy) is 1. The number of benzene rings is 2. The van der Waals surface area contributed by atoms with E-state index >= 15 is 0 Å². The molecule has 0 saturated carbocycles. The molecular formula is C21H25N3O5S. The normalized spacial score (nSPS) is 11.0. The number of carbonyl (C=O) groups excluding carboxylic acids is 2. The molecule has 0 aliphatic carbocycles. The van der Waals surface area contributed by atoms with Crippen LogP contribution in [0.4, 0.5) is 10.5 Å². The molecule has 9 heteroatoms. The van der Waals surface area contributed by atoms with Gasteiger partial charge in [0, 0.05) is 25.8 Å². The Labute approximate surface area is 176 Å². The average molecular weight is 432 g/mol. The maximum atomic E-state index is 12.7. The van der Waals surface area contributed by atoms with Crippen molar-refractivity contribution in [3.63, 3.8) is 0 Å². The van der Waals surface area contributed by atoms with Crippen LogP contribution < -0.4 is 10.6 Å². The van der Waals surface area contributed by atoms with Gasteiger partial charge in [-0.2, -0.15) is 0 Å². The lowest BCUT2D eigenvalue weighted by Gasteiger charge is -2.18. The van der Waals surface area contributed by atoms with Gasteiger partial charge in [0.25, 0.3) is 0 Å². The molecule has 0 radical (unpaired) electrons. The van der Waals surface area contributed by atoms with Crippen molar-refractivity contribution in [2.24, 2.45) is 0 Å². The molecule has 0 atom stereocenters. The zero-order valence-corrected chi connectivity index (χ0v) is 17.5. The predicted octanol–water partition coefficient (Wildman–Crippen LogP) is 2.75.